The molecule has 3 nitrogen and oxygen atoms in total. The first-order chi connectivity index (χ1) is 9.06. The molecule has 0 heterocycles. The predicted molar refractivity (Wildman–Crippen MR) is 73.1 cm³/mol. The van der Waals surface area contributed by atoms with Gasteiger partial charge in [0, 0.05) is 24.8 Å². The van der Waals surface area contributed by atoms with E-state index in [9.17, 15) is 9.18 Å². The fourth-order valence-electron chi connectivity index (χ4n) is 1.89. The number of benzene rings is 2. The number of carbonyl (C=O) groups excluding carboxylic acids is 1. The topological polar surface area (TPSA) is 46.3 Å². The molecule has 0 radical (unpaired) electrons. The van der Waals surface area contributed by atoms with Gasteiger partial charge < -0.3 is 10.6 Å². The molecule has 0 saturated heterocycles. The van der Waals surface area contributed by atoms with Crippen LogP contribution in [0.15, 0.2) is 48.5 Å². The maximum absolute atomic E-state index is 13.2. The quantitative estimate of drug-likeness (QED) is 0.860. The molecular formula is C15H15FN2O. The normalized spacial score (nSPS) is 10.2. The van der Waals surface area contributed by atoms with Gasteiger partial charge in [0.2, 0.25) is 0 Å². The number of nitrogen functional groups attached to an aromatic ring is 1. The fourth-order valence-corrected chi connectivity index (χ4v) is 1.89. The van der Waals surface area contributed by atoms with Gasteiger partial charge in [0.15, 0.2) is 0 Å². The Kier molecular flexibility index (Phi) is 3.80. The summed E-state index contributed by atoms with van der Waals surface area (Å²) in [5, 5.41) is 0. The van der Waals surface area contributed by atoms with Gasteiger partial charge in [-0.3, -0.25) is 4.79 Å². The van der Waals surface area contributed by atoms with Gasteiger partial charge in [0.1, 0.15) is 5.82 Å². The van der Waals surface area contributed by atoms with Crippen LogP contribution in [-0.2, 0) is 6.54 Å². The van der Waals surface area contributed by atoms with Crippen LogP contribution in [0.5, 0.6) is 0 Å². The molecule has 2 N–H and O–H groups in total. The van der Waals surface area contributed by atoms with Crippen LogP contribution in [0.4, 0.5) is 10.1 Å². The van der Waals surface area contributed by atoms with Crippen molar-refractivity contribution in [3.63, 3.8) is 0 Å². The highest BCUT2D eigenvalue weighted by Crippen LogP contribution is 2.14. The molecule has 0 bridgehead atoms. The SMILES string of the molecule is CN(Cc1ccccc1)C(=O)c1cc(N)cc(F)c1. The van der Waals surface area contributed by atoms with Crippen LogP contribution < -0.4 is 5.73 Å². The Morgan fingerprint density at radius 1 is 1.21 bits per heavy atom. The van der Waals surface area contributed by atoms with Gasteiger partial charge in [-0.05, 0) is 23.8 Å². The Morgan fingerprint density at radius 3 is 2.53 bits per heavy atom. The largest absolute Gasteiger partial charge is 0.399 e. The molecule has 0 spiro atoms. The molecule has 0 aliphatic rings. The smallest absolute Gasteiger partial charge is 0.254 e. The molecule has 2 aromatic carbocycles. The van der Waals surface area contributed by atoms with Crippen LogP contribution in [0.25, 0.3) is 0 Å². The molecule has 4 heteroatoms. The summed E-state index contributed by atoms with van der Waals surface area (Å²) in [7, 11) is 1.68. The minimum Gasteiger partial charge on any atom is -0.399 e. The Morgan fingerprint density at radius 2 is 1.89 bits per heavy atom. The molecule has 0 fully saturated rings. The van der Waals surface area contributed by atoms with Crippen molar-refractivity contribution in [1.29, 1.82) is 0 Å². The number of nitrogens with two attached hydrogens (primary N) is 1. The number of hydrogen-bond acceptors (Lipinski definition) is 2. The van der Waals surface area contributed by atoms with Crippen molar-refractivity contribution in [2.45, 2.75) is 6.54 Å². The monoisotopic (exact) mass is 258 g/mol. The summed E-state index contributed by atoms with van der Waals surface area (Å²) in [4.78, 5) is 13.7. The van der Waals surface area contributed by atoms with Gasteiger partial charge in [-0.25, -0.2) is 4.39 Å². The van der Waals surface area contributed by atoms with E-state index in [4.69, 9.17) is 5.73 Å². The lowest BCUT2D eigenvalue weighted by molar-refractivity contribution is 0.0784. The second-order valence-corrected chi connectivity index (χ2v) is 4.42. The number of hydrogen-bond donors (Lipinski definition) is 1. The summed E-state index contributed by atoms with van der Waals surface area (Å²) >= 11 is 0. The lowest BCUT2D eigenvalue weighted by Gasteiger charge is -2.17. The van der Waals surface area contributed by atoms with Gasteiger partial charge in [-0.1, -0.05) is 30.3 Å². The Labute approximate surface area is 111 Å². The Bertz CT molecular complexity index is 564. The number of amides is 1. The zero-order chi connectivity index (χ0) is 13.8. The predicted octanol–water partition coefficient (Wildman–Crippen LogP) is 2.68. The van der Waals surface area contributed by atoms with Crippen molar-refractivity contribution in [2.75, 3.05) is 12.8 Å². The molecule has 98 valence electrons. The molecule has 1 amide bonds. The molecule has 0 aliphatic heterocycles. The average molecular weight is 258 g/mol. The average Bonchev–Trinajstić information content (AvgIpc) is 2.37. The standard InChI is InChI=1S/C15H15FN2O/c1-18(10-11-5-3-2-4-6-11)15(19)12-7-13(16)9-14(17)8-12/h2-9H,10,17H2,1H3. The van der Waals surface area contributed by atoms with Crippen molar-refractivity contribution >= 4 is 11.6 Å². The van der Waals surface area contributed by atoms with E-state index in [1.165, 1.54) is 23.1 Å². The minimum absolute atomic E-state index is 0.247. The number of halogens is 1. The van der Waals surface area contributed by atoms with E-state index in [1.807, 2.05) is 30.3 Å². The van der Waals surface area contributed by atoms with Crippen molar-refractivity contribution in [3.8, 4) is 0 Å². The summed E-state index contributed by atoms with van der Waals surface area (Å²) in [5.41, 5.74) is 7.06. The van der Waals surface area contributed by atoms with Crippen molar-refractivity contribution in [1.82, 2.24) is 4.90 Å². The maximum Gasteiger partial charge on any atom is 0.254 e. The molecule has 2 aromatic rings. The first-order valence-corrected chi connectivity index (χ1v) is 5.92. The highest BCUT2D eigenvalue weighted by atomic mass is 19.1. The van der Waals surface area contributed by atoms with E-state index in [2.05, 4.69) is 0 Å². The van der Waals surface area contributed by atoms with Crippen molar-refractivity contribution in [2.24, 2.45) is 0 Å². The summed E-state index contributed by atoms with van der Waals surface area (Å²) in [6.07, 6.45) is 0. The lowest BCUT2D eigenvalue weighted by Crippen LogP contribution is -2.26. The van der Waals surface area contributed by atoms with Gasteiger partial charge in [-0.2, -0.15) is 0 Å². The molecule has 0 atom stereocenters. The minimum atomic E-state index is -0.503. The molecule has 0 aliphatic carbocycles. The van der Waals surface area contributed by atoms with E-state index in [0.717, 1.165) is 5.56 Å². The van der Waals surface area contributed by atoms with Crippen LogP contribution >= 0.6 is 0 Å². The highest BCUT2D eigenvalue weighted by Gasteiger charge is 2.13. The van der Waals surface area contributed by atoms with E-state index in [-0.39, 0.29) is 17.2 Å². The van der Waals surface area contributed by atoms with Gasteiger partial charge in [-0.15, -0.1) is 0 Å². The number of nitrogens with zero attached hydrogens (tertiary/aromatic N) is 1. The first kappa shape index (κ1) is 13.1. The molecular weight excluding hydrogens is 243 g/mol. The summed E-state index contributed by atoms with van der Waals surface area (Å²) in [6, 6.07) is 13.5. The molecule has 0 unspecified atom stereocenters. The molecule has 0 saturated carbocycles. The summed E-state index contributed by atoms with van der Waals surface area (Å²) < 4.78 is 13.2. The van der Waals surface area contributed by atoms with E-state index >= 15 is 0 Å². The van der Waals surface area contributed by atoms with Crippen molar-refractivity contribution in [3.05, 3.63) is 65.5 Å². The van der Waals surface area contributed by atoms with Crippen LogP contribution in [-0.4, -0.2) is 17.9 Å². The van der Waals surface area contributed by atoms with Gasteiger partial charge in [0.25, 0.3) is 5.91 Å². The number of rotatable bonds is 3. The second-order valence-electron chi connectivity index (χ2n) is 4.42. The third-order valence-electron chi connectivity index (χ3n) is 2.78. The lowest BCUT2D eigenvalue weighted by atomic mass is 10.1. The number of carbonyl (C=O) groups is 1. The Balaban J connectivity index is 2.15. The van der Waals surface area contributed by atoms with E-state index < -0.39 is 5.82 Å². The third-order valence-corrected chi connectivity index (χ3v) is 2.78. The van der Waals surface area contributed by atoms with E-state index in [1.54, 1.807) is 7.05 Å². The van der Waals surface area contributed by atoms with Crippen molar-refractivity contribution < 1.29 is 9.18 Å². The second kappa shape index (κ2) is 5.52. The molecule has 0 aromatic heterocycles. The van der Waals surface area contributed by atoms with Crippen LogP contribution in [0, 0.1) is 5.82 Å². The molecule has 19 heavy (non-hydrogen) atoms. The number of anilines is 1. The third kappa shape index (κ3) is 3.31. The van der Waals surface area contributed by atoms with Crippen LogP contribution in [0.1, 0.15) is 15.9 Å². The van der Waals surface area contributed by atoms with E-state index in [0.29, 0.717) is 6.54 Å². The maximum atomic E-state index is 13.2. The first-order valence-electron chi connectivity index (χ1n) is 5.92. The van der Waals surface area contributed by atoms with Crippen LogP contribution in [0.2, 0.25) is 0 Å². The fraction of sp³-hybridized carbons (Fsp3) is 0.133. The molecule has 2 rings (SSSR count). The highest BCUT2D eigenvalue weighted by molar-refractivity contribution is 5.94. The van der Waals surface area contributed by atoms with Crippen LogP contribution in [0.3, 0.4) is 0 Å². The van der Waals surface area contributed by atoms with Gasteiger partial charge >= 0.3 is 0 Å². The summed E-state index contributed by atoms with van der Waals surface area (Å²) in [6.45, 7) is 0.468. The zero-order valence-electron chi connectivity index (χ0n) is 10.6. The summed E-state index contributed by atoms with van der Waals surface area (Å²) in [5.74, 6) is -0.758. The zero-order valence-corrected chi connectivity index (χ0v) is 10.6. The van der Waals surface area contributed by atoms with Gasteiger partial charge in [0.05, 0.1) is 0 Å². The Hall–Kier alpha value is -2.36.